The molecule has 4 rings (SSSR count). The summed E-state index contributed by atoms with van der Waals surface area (Å²) in [7, 11) is 0. The highest BCUT2D eigenvalue weighted by molar-refractivity contribution is 7.98. The highest BCUT2D eigenvalue weighted by Crippen LogP contribution is 2.26. The molecule has 1 N–H and O–H groups in total. The van der Waals surface area contributed by atoms with Crippen LogP contribution in [-0.4, -0.2) is 19.5 Å². The quantitative estimate of drug-likeness (QED) is 0.243. The van der Waals surface area contributed by atoms with Gasteiger partial charge in [-0.05, 0) is 18.6 Å². The molecule has 0 spiro atoms. The largest absolute Gasteiger partial charge is 0.349 e. The molecular weight excluding hydrogens is 364 g/mol. The smallest absolute Gasteiger partial charge is 0.278 e. The lowest BCUT2D eigenvalue weighted by molar-refractivity contribution is -0.384. The molecular formula is C19H16N4O3S. The second kappa shape index (κ2) is 6.88. The zero-order valence-corrected chi connectivity index (χ0v) is 15.3. The number of rotatable bonds is 5. The van der Waals surface area contributed by atoms with E-state index in [9.17, 15) is 14.9 Å². The van der Waals surface area contributed by atoms with Crippen molar-refractivity contribution in [1.82, 2.24) is 14.5 Å². The van der Waals surface area contributed by atoms with Crippen LogP contribution in [0.25, 0.3) is 21.9 Å². The van der Waals surface area contributed by atoms with Gasteiger partial charge in [-0.25, -0.2) is 4.98 Å². The Balaban J connectivity index is 1.73. The van der Waals surface area contributed by atoms with Gasteiger partial charge in [-0.2, -0.15) is 0 Å². The number of hydrogen-bond acceptors (Lipinski definition) is 5. The zero-order chi connectivity index (χ0) is 19.0. The summed E-state index contributed by atoms with van der Waals surface area (Å²) in [6.45, 7) is 2.42. The van der Waals surface area contributed by atoms with Crippen LogP contribution >= 0.6 is 11.8 Å². The van der Waals surface area contributed by atoms with Gasteiger partial charge in [-0.3, -0.25) is 19.5 Å². The summed E-state index contributed by atoms with van der Waals surface area (Å²) in [5.41, 5.74) is 2.97. The molecule has 0 bridgehead atoms. The van der Waals surface area contributed by atoms with Crippen molar-refractivity contribution in [2.45, 2.75) is 24.4 Å². The van der Waals surface area contributed by atoms with E-state index in [0.717, 1.165) is 16.5 Å². The van der Waals surface area contributed by atoms with Crippen molar-refractivity contribution in [3.63, 3.8) is 0 Å². The van der Waals surface area contributed by atoms with Crippen LogP contribution in [0.3, 0.4) is 0 Å². The molecule has 27 heavy (non-hydrogen) atoms. The van der Waals surface area contributed by atoms with Crippen LogP contribution in [0, 0.1) is 10.1 Å². The minimum Gasteiger partial charge on any atom is -0.349 e. The monoisotopic (exact) mass is 380 g/mol. The number of fused-ring (bicyclic) bond motifs is 3. The summed E-state index contributed by atoms with van der Waals surface area (Å²) in [5.74, 6) is 0.568. The van der Waals surface area contributed by atoms with Gasteiger partial charge in [0, 0.05) is 35.3 Å². The fraction of sp³-hybridized carbons (Fsp3) is 0.158. The fourth-order valence-electron chi connectivity index (χ4n) is 3.03. The van der Waals surface area contributed by atoms with Gasteiger partial charge in [0.25, 0.3) is 11.2 Å². The van der Waals surface area contributed by atoms with E-state index in [1.54, 1.807) is 16.7 Å². The van der Waals surface area contributed by atoms with E-state index >= 15 is 0 Å². The first-order chi connectivity index (χ1) is 13.1. The lowest BCUT2D eigenvalue weighted by Gasteiger charge is -2.09. The maximum absolute atomic E-state index is 12.9. The summed E-state index contributed by atoms with van der Waals surface area (Å²) >= 11 is 1.45. The highest BCUT2D eigenvalue weighted by Gasteiger charge is 2.15. The molecule has 136 valence electrons. The van der Waals surface area contributed by atoms with E-state index in [4.69, 9.17) is 4.98 Å². The van der Waals surface area contributed by atoms with Crippen molar-refractivity contribution < 1.29 is 4.92 Å². The Morgan fingerprint density at radius 3 is 2.63 bits per heavy atom. The molecule has 0 aliphatic heterocycles. The molecule has 0 amide bonds. The first-order valence-corrected chi connectivity index (χ1v) is 9.44. The highest BCUT2D eigenvalue weighted by atomic mass is 32.2. The summed E-state index contributed by atoms with van der Waals surface area (Å²) in [4.78, 5) is 31.1. The third-order valence-electron chi connectivity index (χ3n) is 4.41. The number of benzene rings is 2. The van der Waals surface area contributed by atoms with E-state index in [-0.39, 0.29) is 11.2 Å². The normalized spacial score (nSPS) is 11.3. The first kappa shape index (κ1) is 17.3. The molecule has 0 radical (unpaired) electrons. The Labute approximate surface area is 158 Å². The van der Waals surface area contributed by atoms with E-state index in [1.807, 2.05) is 31.2 Å². The topological polar surface area (TPSA) is 93.8 Å². The van der Waals surface area contributed by atoms with Gasteiger partial charge < -0.3 is 4.98 Å². The van der Waals surface area contributed by atoms with Crippen LogP contribution < -0.4 is 5.56 Å². The SMILES string of the molecule is CCn1c(SCc2ccc([N+](=O)[O-])cc2)nc2c([nH]c3ccccc32)c1=O. The van der Waals surface area contributed by atoms with E-state index in [1.165, 1.54) is 23.9 Å². The molecule has 0 saturated carbocycles. The third kappa shape index (κ3) is 3.08. The molecule has 0 aliphatic carbocycles. The zero-order valence-electron chi connectivity index (χ0n) is 14.5. The minimum atomic E-state index is -0.418. The van der Waals surface area contributed by atoms with Gasteiger partial charge in [0.1, 0.15) is 11.0 Å². The standard InChI is InChI=1S/C19H16N4O3S/c1-2-22-18(24)17-16(14-5-3-4-6-15(14)20-17)21-19(22)27-11-12-7-9-13(10-8-12)23(25)26/h3-10,20H,2,11H2,1H3. The Kier molecular flexibility index (Phi) is 4.41. The Hall–Kier alpha value is -3.13. The van der Waals surface area contributed by atoms with Crippen molar-refractivity contribution >= 4 is 39.4 Å². The molecule has 0 atom stereocenters. The molecule has 0 unspecified atom stereocenters. The fourth-order valence-corrected chi connectivity index (χ4v) is 4.04. The van der Waals surface area contributed by atoms with Crippen LogP contribution in [0.2, 0.25) is 0 Å². The average Bonchev–Trinajstić information content (AvgIpc) is 3.06. The maximum Gasteiger partial charge on any atom is 0.278 e. The number of H-pyrrole nitrogens is 1. The second-order valence-electron chi connectivity index (χ2n) is 6.05. The van der Waals surface area contributed by atoms with Crippen molar-refractivity contribution in [3.8, 4) is 0 Å². The van der Waals surface area contributed by atoms with Crippen molar-refractivity contribution in [2.75, 3.05) is 0 Å². The first-order valence-electron chi connectivity index (χ1n) is 8.46. The molecule has 7 nitrogen and oxygen atoms in total. The van der Waals surface area contributed by atoms with Gasteiger partial charge in [-0.1, -0.05) is 42.1 Å². The molecule has 2 aromatic heterocycles. The van der Waals surface area contributed by atoms with Crippen LogP contribution in [0.15, 0.2) is 58.5 Å². The van der Waals surface area contributed by atoms with Crippen molar-refractivity contribution in [3.05, 3.63) is 74.6 Å². The lowest BCUT2D eigenvalue weighted by Crippen LogP contribution is -2.22. The molecule has 4 aromatic rings. The molecule has 2 heterocycles. The van der Waals surface area contributed by atoms with Crippen LogP contribution in [0.1, 0.15) is 12.5 Å². The summed E-state index contributed by atoms with van der Waals surface area (Å²) in [6.07, 6.45) is 0. The number of para-hydroxylation sites is 1. The molecule has 0 aliphatic rings. The van der Waals surface area contributed by atoms with Crippen LogP contribution in [0.4, 0.5) is 5.69 Å². The Morgan fingerprint density at radius 2 is 1.93 bits per heavy atom. The van der Waals surface area contributed by atoms with Crippen molar-refractivity contribution in [1.29, 1.82) is 0 Å². The van der Waals surface area contributed by atoms with E-state index in [2.05, 4.69) is 4.98 Å². The summed E-state index contributed by atoms with van der Waals surface area (Å²) in [6, 6.07) is 14.1. The lowest BCUT2D eigenvalue weighted by atomic mass is 10.2. The number of nitro benzene ring substituents is 1. The van der Waals surface area contributed by atoms with E-state index in [0.29, 0.717) is 28.5 Å². The van der Waals surface area contributed by atoms with Gasteiger partial charge in [-0.15, -0.1) is 0 Å². The Morgan fingerprint density at radius 1 is 1.19 bits per heavy atom. The Bertz CT molecular complexity index is 1210. The number of aromatic amines is 1. The maximum atomic E-state index is 12.9. The van der Waals surface area contributed by atoms with Crippen LogP contribution in [-0.2, 0) is 12.3 Å². The van der Waals surface area contributed by atoms with Crippen molar-refractivity contribution in [2.24, 2.45) is 0 Å². The third-order valence-corrected chi connectivity index (χ3v) is 5.45. The molecule has 0 fully saturated rings. The van der Waals surface area contributed by atoms with Crippen LogP contribution in [0.5, 0.6) is 0 Å². The average molecular weight is 380 g/mol. The number of nitrogens with zero attached hydrogens (tertiary/aromatic N) is 3. The van der Waals surface area contributed by atoms with Gasteiger partial charge in [0.2, 0.25) is 0 Å². The predicted molar refractivity (Wildman–Crippen MR) is 106 cm³/mol. The number of nitro groups is 1. The van der Waals surface area contributed by atoms with Gasteiger partial charge in [0.15, 0.2) is 5.16 Å². The molecule has 0 saturated heterocycles. The number of hydrogen-bond donors (Lipinski definition) is 1. The predicted octanol–water partition coefficient (Wildman–Crippen LogP) is 4.10. The minimum absolute atomic E-state index is 0.0625. The number of non-ortho nitro benzene ring substituents is 1. The summed E-state index contributed by atoms with van der Waals surface area (Å²) in [5, 5.41) is 12.3. The van der Waals surface area contributed by atoms with Gasteiger partial charge >= 0.3 is 0 Å². The number of aromatic nitrogens is 3. The number of thioether (sulfide) groups is 1. The van der Waals surface area contributed by atoms with Gasteiger partial charge in [0.05, 0.1) is 4.92 Å². The number of nitrogens with one attached hydrogen (secondary N) is 1. The summed E-state index contributed by atoms with van der Waals surface area (Å²) < 4.78 is 1.65. The molecule has 2 aromatic carbocycles. The second-order valence-corrected chi connectivity index (χ2v) is 6.99. The molecule has 8 heteroatoms. The van der Waals surface area contributed by atoms with E-state index < -0.39 is 4.92 Å².